The third-order valence-electron chi connectivity index (χ3n) is 0.502. The molecule has 0 spiro atoms. The van der Waals surface area contributed by atoms with E-state index in [9.17, 15) is 9.59 Å². The summed E-state index contributed by atoms with van der Waals surface area (Å²) in [6.45, 7) is 0. The molecular formula is C4H6O3S. The van der Waals surface area contributed by atoms with Crippen molar-refractivity contribution in [3.63, 3.8) is 0 Å². The molecule has 0 aromatic rings. The normalized spacial score (nSPS) is 8.50. The van der Waals surface area contributed by atoms with Gasteiger partial charge in [-0.2, -0.15) is 0 Å². The Labute approximate surface area is 51.1 Å². The molecule has 8 heavy (non-hydrogen) atoms. The molecule has 3 nitrogen and oxygen atoms in total. The van der Waals surface area contributed by atoms with Gasteiger partial charge in [0.2, 0.25) is 0 Å². The van der Waals surface area contributed by atoms with E-state index in [1.807, 2.05) is 0 Å². The molecule has 0 aliphatic carbocycles. The lowest BCUT2D eigenvalue weighted by Gasteiger charge is -1.85. The Balaban J connectivity index is 2.93. The van der Waals surface area contributed by atoms with Crippen LogP contribution in [-0.4, -0.2) is 22.4 Å². The summed E-state index contributed by atoms with van der Waals surface area (Å²) in [6.07, 6.45) is 0.0589. The van der Waals surface area contributed by atoms with Crippen LogP contribution in [0.15, 0.2) is 0 Å². The number of hydrogen-bond donors (Lipinski definition) is 1. The second-order valence-electron chi connectivity index (χ2n) is 1.11. The Morgan fingerprint density at radius 3 is 2.75 bits per heavy atom. The van der Waals surface area contributed by atoms with E-state index in [0.29, 0.717) is 11.4 Å². The fourth-order valence-corrected chi connectivity index (χ4v) is 0.583. The molecule has 0 saturated heterocycles. The van der Waals surface area contributed by atoms with Gasteiger partial charge in [-0.05, 0) is 0 Å². The average molecular weight is 134 g/mol. The second kappa shape index (κ2) is 4.64. The van der Waals surface area contributed by atoms with Gasteiger partial charge >= 0.3 is 5.97 Å². The first-order valence-corrected chi connectivity index (χ1v) is 3.09. The summed E-state index contributed by atoms with van der Waals surface area (Å²) in [5.41, 5.74) is 0.642. The molecule has 1 N–H and O–H groups in total. The van der Waals surface area contributed by atoms with E-state index in [1.165, 1.54) is 0 Å². The molecule has 0 aliphatic heterocycles. The quantitative estimate of drug-likeness (QED) is 0.446. The lowest BCUT2D eigenvalue weighted by molar-refractivity contribution is -0.136. The van der Waals surface area contributed by atoms with Crippen LogP contribution in [0.1, 0.15) is 6.42 Å². The average Bonchev–Trinajstić information content (AvgIpc) is 1.66. The smallest absolute Gasteiger partial charge is 0.304 e. The van der Waals surface area contributed by atoms with Crippen LogP contribution in [0.4, 0.5) is 0 Å². The van der Waals surface area contributed by atoms with Crippen molar-refractivity contribution in [1.29, 1.82) is 0 Å². The first-order chi connectivity index (χ1) is 3.77. The zero-order valence-corrected chi connectivity index (χ0v) is 4.98. The summed E-state index contributed by atoms with van der Waals surface area (Å²) in [6, 6.07) is 0. The lowest BCUT2D eigenvalue weighted by atomic mass is 10.5. The lowest BCUT2D eigenvalue weighted by Crippen LogP contribution is -1.95. The minimum Gasteiger partial charge on any atom is -0.481 e. The van der Waals surface area contributed by atoms with Crippen molar-refractivity contribution in [1.82, 2.24) is 0 Å². The van der Waals surface area contributed by atoms with Crippen molar-refractivity contribution in [2.45, 2.75) is 6.42 Å². The summed E-state index contributed by atoms with van der Waals surface area (Å²) < 4.78 is 0. The molecule has 0 atom stereocenters. The maximum absolute atomic E-state index is 9.74. The Morgan fingerprint density at radius 1 is 1.75 bits per heavy atom. The van der Waals surface area contributed by atoms with E-state index < -0.39 is 5.97 Å². The SMILES string of the molecule is O=CSCCC(=O)O. The number of carbonyl (C=O) groups is 2. The summed E-state index contributed by atoms with van der Waals surface area (Å²) in [7, 11) is 0. The largest absolute Gasteiger partial charge is 0.481 e. The van der Waals surface area contributed by atoms with Crippen LogP contribution in [0.3, 0.4) is 0 Å². The molecule has 0 bridgehead atoms. The van der Waals surface area contributed by atoms with Gasteiger partial charge in [0.1, 0.15) is 0 Å². The van der Waals surface area contributed by atoms with Crippen LogP contribution in [-0.2, 0) is 9.59 Å². The first kappa shape index (κ1) is 7.49. The summed E-state index contributed by atoms with van der Waals surface area (Å²) in [4.78, 5) is 19.3. The van der Waals surface area contributed by atoms with E-state index in [-0.39, 0.29) is 6.42 Å². The molecule has 0 radical (unpaired) electrons. The van der Waals surface area contributed by atoms with Crippen LogP contribution in [0.2, 0.25) is 0 Å². The molecule has 0 amide bonds. The van der Waals surface area contributed by atoms with Gasteiger partial charge in [0, 0.05) is 5.75 Å². The van der Waals surface area contributed by atoms with Gasteiger partial charge in [-0.25, -0.2) is 0 Å². The highest BCUT2D eigenvalue weighted by Gasteiger charge is 1.93. The van der Waals surface area contributed by atoms with E-state index in [2.05, 4.69) is 0 Å². The molecule has 0 unspecified atom stereocenters. The highest BCUT2D eigenvalue weighted by atomic mass is 32.2. The van der Waals surface area contributed by atoms with Crippen molar-refractivity contribution in [2.75, 3.05) is 5.75 Å². The number of carboxylic acids is 1. The van der Waals surface area contributed by atoms with Crippen molar-refractivity contribution < 1.29 is 14.7 Å². The highest BCUT2D eigenvalue weighted by molar-refractivity contribution is 8.11. The predicted octanol–water partition coefficient (Wildman–Crippen LogP) is 0.385. The van der Waals surface area contributed by atoms with Crippen LogP contribution in [0.25, 0.3) is 0 Å². The molecule has 46 valence electrons. The van der Waals surface area contributed by atoms with Crippen molar-refractivity contribution in [2.24, 2.45) is 0 Å². The molecule has 0 heterocycles. The Bertz CT molecular complexity index is 91.3. The third-order valence-corrected chi connectivity index (χ3v) is 1.08. The van der Waals surface area contributed by atoms with Crippen LogP contribution in [0, 0.1) is 0 Å². The molecule has 4 heteroatoms. The van der Waals surface area contributed by atoms with Gasteiger partial charge in [0.25, 0.3) is 0 Å². The van der Waals surface area contributed by atoms with Gasteiger partial charge in [-0.3, -0.25) is 9.59 Å². The van der Waals surface area contributed by atoms with Gasteiger partial charge in [-0.15, -0.1) is 0 Å². The van der Waals surface area contributed by atoms with Crippen LogP contribution >= 0.6 is 11.8 Å². The van der Waals surface area contributed by atoms with E-state index in [0.717, 1.165) is 11.8 Å². The molecule has 0 rings (SSSR count). The summed E-state index contributed by atoms with van der Waals surface area (Å²) in [5.74, 6) is -0.488. The first-order valence-electron chi connectivity index (χ1n) is 2.04. The standard InChI is InChI=1S/C4H6O3S/c5-3-8-2-1-4(6)7/h3H,1-2H2,(H,6,7). The highest BCUT2D eigenvalue weighted by Crippen LogP contribution is 1.94. The molecule has 0 fully saturated rings. The Kier molecular flexibility index (Phi) is 4.35. The molecule has 0 aromatic heterocycles. The molecule has 0 aromatic carbocycles. The Hall–Kier alpha value is -0.510. The fourth-order valence-electron chi connectivity index (χ4n) is 0.194. The molecule has 0 saturated carbocycles. The van der Waals surface area contributed by atoms with E-state index >= 15 is 0 Å². The van der Waals surface area contributed by atoms with Gasteiger partial charge in [0.15, 0.2) is 5.62 Å². The van der Waals surface area contributed by atoms with Crippen molar-refractivity contribution in [3.05, 3.63) is 0 Å². The monoisotopic (exact) mass is 134 g/mol. The number of carboxylic acid groups (broad SMARTS) is 1. The molecular weight excluding hydrogens is 128 g/mol. The number of thioether (sulfide) groups is 1. The second-order valence-corrected chi connectivity index (χ2v) is 2.04. The van der Waals surface area contributed by atoms with Crippen LogP contribution in [0.5, 0.6) is 0 Å². The van der Waals surface area contributed by atoms with Gasteiger partial charge in [-0.1, -0.05) is 11.8 Å². The molecule has 0 aliphatic rings. The summed E-state index contributed by atoms with van der Waals surface area (Å²) in [5, 5.41) is 8.01. The topological polar surface area (TPSA) is 54.4 Å². The van der Waals surface area contributed by atoms with E-state index in [4.69, 9.17) is 5.11 Å². The maximum atomic E-state index is 9.74. The Morgan fingerprint density at radius 2 is 2.38 bits per heavy atom. The minimum atomic E-state index is -0.862. The van der Waals surface area contributed by atoms with Crippen molar-refractivity contribution >= 4 is 23.3 Å². The number of hydrogen-bond acceptors (Lipinski definition) is 3. The zero-order valence-electron chi connectivity index (χ0n) is 4.16. The van der Waals surface area contributed by atoms with E-state index in [1.54, 1.807) is 0 Å². The van der Waals surface area contributed by atoms with Crippen molar-refractivity contribution in [3.8, 4) is 0 Å². The maximum Gasteiger partial charge on any atom is 0.304 e. The van der Waals surface area contributed by atoms with Gasteiger partial charge in [0.05, 0.1) is 6.42 Å². The summed E-state index contributed by atoms with van der Waals surface area (Å²) >= 11 is 0.975. The van der Waals surface area contributed by atoms with Crippen LogP contribution < -0.4 is 0 Å². The third kappa shape index (κ3) is 5.49. The minimum absolute atomic E-state index is 0.0589. The number of aliphatic carboxylic acids is 1. The predicted molar refractivity (Wildman–Crippen MR) is 31.5 cm³/mol. The zero-order chi connectivity index (χ0) is 6.41. The fraction of sp³-hybridized carbons (Fsp3) is 0.500. The van der Waals surface area contributed by atoms with Gasteiger partial charge < -0.3 is 5.11 Å². The number of rotatable bonds is 4. The number of carbonyl (C=O) groups excluding carboxylic acids is 1.